The Hall–Kier alpha value is -2.83. The molecule has 0 aliphatic carbocycles. The quantitative estimate of drug-likeness (QED) is 0.712. The maximum Gasteiger partial charge on any atom is 0.263 e. The van der Waals surface area contributed by atoms with Crippen molar-refractivity contribution in [2.24, 2.45) is 0 Å². The lowest BCUT2D eigenvalue weighted by molar-refractivity contribution is 0.396. The highest BCUT2D eigenvalue weighted by molar-refractivity contribution is 5.88. The molecule has 0 N–H and O–H groups in total. The first kappa shape index (κ1) is 16.6. The highest BCUT2D eigenvalue weighted by Crippen LogP contribution is 2.38. The molecule has 0 bridgehead atoms. The molecule has 136 valence electrons. The van der Waals surface area contributed by atoms with Crippen LogP contribution in [0.5, 0.6) is 11.5 Å². The number of anilines is 1. The van der Waals surface area contributed by atoms with Crippen molar-refractivity contribution in [3.8, 4) is 11.5 Å². The third kappa shape index (κ3) is 2.73. The van der Waals surface area contributed by atoms with Gasteiger partial charge in [-0.15, -0.1) is 0 Å². The Kier molecular flexibility index (Phi) is 4.14. The molecular formula is C19H22N4O3. The molecule has 3 aromatic rings. The summed E-state index contributed by atoms with van der Waals surface area (Å²) in [6, 6.07) is 5.96. The van der Waals surface area contributed by atoms with Crippen LogP contribution in [0.4, 0.5) is 5.82 Å². The SMILES string of the molecule is COc1ccc(OC)c(C2CCN(c3nc(C)nc4onc(C)c34)C2)c1. The van der Waals surface area contributed by atoms with Crippen LogP contribution in [0.15, 0.2) is 22.7 Å². The fourth-order valence-electron chi connectivity index (χ4n) is 3.67. The number of hydrogen-bond acceptors (Lipinski definition) is 7. The smallest absolute Gasteiger partial charge is 0.263 e. The second kappa shape index (κ2) is 6.48. The Bertz CT molecular complexity index is 953. The van der Waals surface area contributed by atoms with E-state index in [1.54, 1.807) is 14.2 Å². The Morgan fingerprint density at radius 1 is 1.15 bits per heavy atom. The zero-order valence-corrected chi connectivity index (χ0v) is 15.4. The Morgan fingerprint density at radius 3 is 2.77 bits per heavy atom. The van der Waals surface area contributed by atoms with Gasteiger partial charge < -0.3 is 18.9 Å². The van der Waals surface area contributed by atoms with E-state index in [9.17, 15) is 0 Å². The zero-order valence-electron chi connectivity index (χ0n) is 15.4. The van der Waals surface area contributed by atoms with Crippen molar-refractivity contribution in [3.63, 3.8) is 0 Å². The van der Waals surface area contributed by atoms with Crippen molar-refractivity contribution in [2.45, 2.75) is 26.2 Å². The van der Waals surface area contributed by atoms with Gasteiger partial charge in [0.25, 0.3) is 5.71 Å². The van der Waals surface area contributed by atoms with Crippen molar-refractivity contribution in [3.05, 3.63) is 35.3 Å². The van der Waals surface area contributed by atoms with Gasteiger partial charge in [-0.1, -0.05) is 5.16 Å². The third-order valence-electron chi connectivity index (χ3n) is 4.96. The molecular weight excluding hydrogens is 332 g/mol. The monoisotopic (exact) mass is 354 g/mol. The van der Waals surface area contributed by atoms with Crippen molar-refractivity contribution in [1.29, 1.82) is 0 Å². The van der Waals surface area contributed by atoms with Gasteiger partial charge in [-0.3, -0.25) is 0 Å². The minimum Gasteiger partial charge on any atom is -0.497 e. The van der Waals surface area contributed by atoms with Gasteiger partial charge in [0, 0.05) is 24.6 Å². The lowest BCUT2D eigenvalue weighted by atomic mass is 9.97. The number of hydrogen-bond donors (Lipinski definition) is 0. The molecule has 2 aromatic heterocycles. The number of rotatable bonds is 4. The first-order valence-corrected chi connectivity index (χ1v) is 8.68. The molecule has 1 saturated heterocycles. The number of benzene rings is 1. The molecule has 3 heterocycles. The zero-order chi connectivity index (χ0) is 18.3. The predicted octanol–water partition coefficient (Wildman–Crippen LogP) is 3.25. The summed E-state index contributed by atoms with van der Waals surface area (Å²) < 4.78 is 16.3. The normalized spacial score (nSPS) is 17.1. The summed E-state index contributed by atoms with van der Waals surface area (Å²) in [7, 11) is 3.39. The summed E-state index contributed by atoms with van der Waals surface area (Å²) in [6.45, 7) is 5.55. The van der Waals surface area contributed by atoms with E-state index in [4.69, 9.17) is 14.0 Å². The van der Waals surface area contributed by atoms with Crippen LogP contribution in [-0.4, -0.2) is 42.4 Å². The summed E-state index contributed by atoms with van der Waals surface area (Å²) >= 11 is 0. The Balaban J connectivity index is 1.69. The van der Waals surface area contributed by atoms with Gasteiger partial charge in [-0.25, -0.2) is 4.98 Å². The van der Waals surface area contributed by atoms with E-state index in [1.165, 1.54) is 5.56 Å². The molecule has 1 atom stereocenters. The molecule has 0 spiro atoms. The molecule has 0 radical (unpaired) electrons. The maximum absolute atomic E-state index is 5.57. The van der Waals surface area contributed by atoms with E-state index in [-0.39, 0.29) is 0 Å². The second-order valence-electron chi connectivity index (χ2n) is 6.58. The molecule has 0 amide bonds. The summed E-state index contributed by atoms with van der Waals surface area (Å²) in [5, 5.41) is 4.95. The largest absolute Gasteiger partial charge is 0.497 e. The summed E-state index contributed by atoms with van der Waals surface area (Å²) in [5.41, 5.74) is 2.53. The molecule has 1 aliphatic rings. The number of aromatic nitrogens is 3. The van der Waals surface area contributed by atoms with Gasteiger partial charge in [0.05, 0.1) is 19.9 Å². The van der Waals surface area contributed by atoms with Crippen LogP contribution >= 0.6 is 0 Å². The number of fused-ring (bicyclic) bond motifs is 1. The fourth-order valence-corrected chi connectivity index (χ4v) is 3.67. The van der Waals surface area contributed by atoms with Crippen molar-refractivity contribution < 1.29 is 14.0 Å². The number of nitrogens with zero attached hydrogens (tertiary/aromatic N) is 4. The predicted molar refractivity (Wildman–Crippen MR) is 98.2 cm³/mol. The highest BCUT2D eigenvalue weighted by atomic mass is 16.5. The minimum atomic E-state index is 0.338. The first-order valence-electron chi connectivity index (χ1n) is 8.68. The Labute approximate surface area is 151 Å². The summed E-state index contributed by atoms with van der Waals surface area (Å²) in [4.78, 5) is 11.3. The minimum absolute atomic E-state index is 0.338. The standard InChI is InChI=1S/C19H22N4O3/c1-11-17-18(20-12(2)21-19(17)26-22-11)23-8-7-13(10-23)15-9-14(24-3)5-6-16(15)25-4/h5-6,9,13H,7-8,10H2,1-4H3. The van der Waals surface area contributed by atoms with Gasteiger partial charge in [0.15, 0.2) is 0 Å². The third-order valence-corrected chi connectivity index (χ3v) is 4.96. The lowest BCUT2D eigenvalue weighted by Gasteiger charge is -2.20. The number of aryl methyl sites for hydroxylation is 2. The maximum atomic E-state index is 5.57. The fraction of sp³-hybridized carbons (Fsp3) is 0.421. The van der Waals surface area contributed by atoms with Gasteiger partial charge in [0.2, 0.25) is 0 Å². The van der Waals surface area contributed by atoms with Crippen LogP contribution in [0.3, 0.4) is 0 Å². The average Bonchev–Trinajstić information content (AvgIpc) is 3.28. The van der Waals surface area contributed by atoms with Gasteiger partial charge >= 0.3 is 0 Å². The van der Waals surface area contributed by atoms with Gasteiger partial charge in [-0.05, 0) is 38.5 Å². The summed E-state index contributed by atoms with van der Waals surface area (Å²) in [6.07, 6.45) is 1.01. The van der Waals surface area contributed by atoms with E-state index in [0.29, 0.717) is 17.5 Å². The van der Waals surface area contributed by atoms with Crippen LogP contribution in [0, 0.1) is 13.8 Å². The van der Waals surface area contributed by atoms with E-state index < -0.39 is 0 Å². The lowest BCUT2D eigenvalue weighted by Crippen LogP contribution is -2.21. The van der Waals surface area contributed by atoms with Gasteiger partial charge in [0.1, 0.15) is 28.5 Å². The molecule has 7 nitrogen and oxygen atoms in total. The molecule has 4 rings (SSSR count). The molecule has 1 fully saturated rings. The number of ether oxygens (including phenoxy) is 2. The van der Waals surface area contributed by atoms with E-state index in [0.717, 1.165) is 47.9 Å². The van der Waals surface area contributed by atoms with E-state index in [2.05, 4.69) is 26.1 Å². The van der Waals surface area contributed by atoms with Gasteiger partial charge in [-0.2, -0.15) is 4.98 Å². The topological polar surface area (TPSA) is 73.5 Å². The first-order chi connectivity index (χ1) is 12.6. The van der Waals surface area contributed by atoms with Crippen molar-refractivity contribution >= 4 is 16.9 Å². The van der Waals surface area contributed by atoms with E-state index in [1.807, 2.05) is 26.0 Å². The van der Waals surface area contributed by atoms with Crippen LogP contribution < -0.4 is 14.4 Å². The highest BCUT2D eigenvalue weighted by Gasteiger charge is 2.30. The molecule has 26 heavy (non-hydrogen) atoms. The van der Waals surface area contributed by atoms with Crippen LogP contribution in [0.1, 0.15) is 29.4 Å². The summed E-state index contributed by atoms with van der Waals surface area (Å²) in [5.74, 6) is 3.66. The Morgan fingerprint density at radius 2 is 2.00 bits per heavy atom. The van der Waals surface area contributed by atoms with Crippen molar-refractivity contribution in [1.82, 2.24) is 15.1 Å². The molecule has 7 heteroatoms. The van der Waals surface area contributed by atoms with E-state index >= 15 is 0 Å². The number of methoxy groups -OCH3 is 2. The second-order valence-corrected chi connectivity index (χ2v) is 6.58. The average molecular weight is 354 g/mol. The molecule has 0 saturated carbocycles. The van der Waals surface area contributed by atoms with Crippen LogP contribution in [0.25, 0.3) is 11.1 Å². The van der Waals surface area contributed by atoms with Crippen LogP contribution in [0.2, 0.25) is 0 Å². The van der Waals surface area contributed by atoms with Crippen LogP contribution in [-0.2, 0) is 0 Å². The molecule has 1 aliphatic heterocycles. The molecule has 1 unspecified atom stereocenters. The molecule has 1 aromatic carbocycles. The van der Waals surface area contributed by atoms with Crippen molar-refractivity contribution in [2.75, 3.05) is 32.2 Å².